The van der Waals surface area contributed by atoms with Crippen molar-refractivity contribution >= 4 is 43.5 Å². The summed E-state index contributed by atoms with van der Waals surface area (Å²) in [6, 6.07) is 52.3. The lowest BCUT2D eigenvalue weighted by Crippen LogP contribution is -2.00. The summed E-state index contributed by atoms with van der Waals surface area (Å²) >= 11 is 0. The molecule has 0 saturated heterocycles. The van der Waals surface area contributed by atoms with Gasteiger partial charge in [0, 0.05) is 27.5 Å². The Morgan fingerprint density at radius 3 is 1.71 bits per heavy atom. The highest BCUT2D eigenvalue weighted by atomic mass is 16.3. The van der Waals surface area contributed by atoms with Gasteiger partial charge in [0.15, 0.2) is 17.5 Å². The zero-order chi connectivity index (χ0) is 29.7. The van der Waals surface area contributed by atoms with Gasteiger partial charge < -0.3 is 4.42 Å². The molecule has 0 saturated carbocycles. The number of benzene rings is 7. The van der Waals surface area contributed by atoms with Gasteiger partial charge in [-0.3, -0.25) is 0 Å². The highest BCUT2D eigenvalue weighted by molar-refractivity contribution is 6.10. The Morgan fingerprint density at radius 1 is 0.333 bits per heavy atom. The maximum absolute atomic E-state index is 6.14. The van der Waals surface area contributed by atoms with Gasteiger partial charge in [-0.1, -0.05) is 121 Å². The molecule has 0 atom stereocenters. The summed E-state index contributed by atoms with van der Waals surface area (Å²) in [5, 5.41) is 6.67. The van der Waals surface area contributed by atoms with Crippen molar-refractivity contribution in [3.8, 4) is 45.3 Å². The lowest BCUT2D eigenvalue weighted by atomic mass is 9.94. The third kappa shape index (κ3) is 4.35. The zero-order valence-corrected chi connectivity index (χ0v) is 24.2. The second kappa shape index (κ2) is 10.2. The van der Waals surface area contributed by atoms with Gasteiger partial charge in [0.25, 0.3) is 0 Å². The molecule has 0 N–H and O–H groups in total. The Hall–Kier alpha value is -6.13. The smallest absolute Gasteiger partial charge is 0.164 e. The molecule has 4 nitrogen and oxygen atoms in total. The van der Waals surface area contributed by atoms with Crippen LogP contribution in [-0.2, 0) is 0 Å². The van der Waals surface area contributed by atoms with Crippen molar-refractivity contribution in [1.82, 2.24) is 15.0 Å². The monoisotopic (exact) mass is 575 g/mol. The van der Waals surface area contributed by atoms with E-state index in [1.54, 1.807) is 0 Å². The van der Waals surface area contributed by atoms with Crippen LogP contribution in [0.2, 0.25) is 0 Å². The van der Waals surface area contributed by atoms with Crippen LogP contribution in [0.15, 0.2) is 156 Å². The Morgan fingerprint density at radius 2 is 0.933 bits per heavy atom. The number of nitrogens with zero attached hydrogens (tertiary/aromatic N) is 3. The molecule has 0 aliphatic heterocycles. The fourth-order valence-corrected chi connectivity index (χ4v) is 6.31. The van der Waals surface area contributed by atoms with Crippen LogP contribution < -0.4 is 0 Å². The fraction of sp³-hybridized carbons (Fsp3) is 0. The molecule has 2 heterocycles. The molecule has 0 spiro atoms. The van der Waals surface area contributed by atoms with Crippen LogP contribution >= 0.6 is 0 Å². The van der Waals surface area contributed by atoms with Crippen molar-refractivity contribution in [2.45, 2.75) is 0 Å². The molecule has 0 unspecified atom stereocenters. The normalized spacial score (nSPS) is 11.6. The predicted octanol–water partition coefficient (Wildman–Crippen LogP) is 10.7. The highest BCUT2D eigenvalue weighted by Crippen LogP contribution is 2.37. The summed E-state index contributed by atoms with van der Waals surface area (Å²) in [5.74, 6) is 1.92. The van der Waals surface area contributed by atoms with Crippen molar-refractivity contribution in [3.63, 3.8) is 0 Å². The van der Waals surface area contributed by atoms with E-state index in [-0.39, 0.29) is 0 Å². The van der Waals surface area contributed by atoms with Crippen LogP contribution in [0.1, 0.15) is 0 Å². The number of furan rings is 1. The van der Waals surface area contributed by atoms with Crippen LogP contribution in [0.3, 0.4) is 0 Å². The quantitative estimate of drug-likeness (QED) is 0.209. The number of para-hydroxylation sites is 1. The number of hydrogen-bond acceptors (Lipinski definition) is 4. The van der Waals surface area contributed by atoms with Gasteiger partial charge in [-0.2, -0.15) is 0 Å². The summed E-state index contributed by atoms with van der Waals surface area (Å²) in [6.07, 6.45) is 0. The van der Waals surface area contributed by atoms with Crippen LogP contribution in [0, 0.1) is 0 Å². The van der Waals surface area contributed by atoms with Crippen molar-refractivity contribution in [2.75, 3.05) is 0 Å². The number of fused-ring (bicyclic) bond motifs is 5. The van der Waals surface area contributed by atoms with Gasteiger partial charge in [0.05, 0.1) is 0 Å². The van der Waals surface area contributed by atoms with Gasteiger partial charge in [-0.25, -0.2) is 15.0 Å². The molecule has 2 aromatic heterocycles. The van der Waals surface area contributed by atoms with E-state index >= 15 is 0 Å². The van der Waals surface area contributed by atoms with Gasteiger partial charge in [0.2, 0.25) is 0 Å². The van der Waals surface area contributed by atoms with E-state index in [1.165, 1.54) is 11.1 Å². The topological polar surface area (TPSA) is 51.8 Å². The summed E-state index contributed by atoms with van der Waals surface area (Å²) in [7, 11) is 0. The fourth-order valence-electron chi connectivity index (χ4n) is 6.31. The Bertz CT molecular complexity index is 2540. The molecule has 0 aliphatic rings. The maximum Gasteiger partial charge on any atom is 0.164 e. The summed E-state index contributed by atoms with van der Waals surface area (Å²) in [4.78, 5) is 15.2. The third-order valence-corrected chi connectivity index (χ3v) is 8.51. The Labute approximate surface area is 259 Å². The number of rotatable bonds is 4. The molecule has 4 heteroatoms. The largest absolute Gasteiger partial charge is 0.456 e. The van der Waals surface area contributed by atoms with Crippen molar-refractivity contribution in [2.24, 2.45) is 0 Å². The molecule has 9 aromatic rings. The summed E-state index contributed by atoms with van der Waals surface area (Å²) < 4.78 is 6.14. The highest BCUT2D eigenvalue weighted by Gasteiger charge is 2.17. The maximum atomic E-state index is 6.14. The molecule has 210 valence electrons. The Kier molecular flexibility index (Phi) is 5.78. The first-order chi connectivity index (χ1) is 22.3. The molecular weight excluding hydrogens is 550 g/mol. The van der Waals surface area contributed by atoms with Crippen LogP contribution in [0.5, 0.6) is 0 Å². The van der Waals surface area contributed by atoms with E-state index in [4.69, 9.17) is 19.4 Å². The zero-order valence-electron chi connectivity index (χ0n) is 24.2. The van der Waals surface area contributed by atoms with E-state index in [9.17, 15) is 0 Å². The molecule has 0 radical (unpaired) electrons. The predicted molar refractivity (Wildman–Crippen MR) is 184 cm³/mol. The van der Waals surface area contributed by atoms with Gasteiger partial charge >= 0.3 is 0 Å². The first kappa shape index (κ1) is 25.4. The molecule has 0 amide bonds. The minimum absolute atomic E-state index is 0.633. The SMILES string of the molecule is c1ccc(-c2nc(-c3ccc4cc5oc6ccccc6c5cc4c3)nc(-c3ccc(-c4ccccc4)c4ccccc34)n2)cc1. The number of hydrogen-bond donors (Lipinski definition) is 0. The molecule has 0 aliphatic carbocycles. The standard InChI is InChI=1S/C41H25N3O/c1-3-11-26(12-4-1)31-21-22-35(33-16-8-7-15-32(31)33)41-43-39(27-13-5-2-6-14-27)42-40(44-41)29-20-19-28-25-38-36(24-30(28)23-29)34-17-9-10-18-37(34)45-38/h1-25H. The number of aromatic nitrogens is 3. The first-order valence-corrected chi connectivity index (χ1v) is 15.0. The third-order valence-electron chi connectivity index (χ3n) is 8.51. The Balaban J connectivity index is 1.25. The van der Waals surface area contributed by atoms with Gasteiger partial charge in [-0.15, -0.1) is 0 Å². The molecule has 0 fully saturated rings. The van der Waals surface area contributed by atoms with Crippen molar-refractivity contribution in [3.05, 3.63) is 152 Å². The lowest BCUT2D eigenvalue weighted by Gasteiger charge is -2.13. The molecular formula is C41H25N3O. The van der Waals surface area contributed by atoms with Crippen LogP contribution in [0.4, 0.5) is 0 Å². The van der Waals surface area contributed by atoms with E-state index in [2.05, 4.69) is 97.1 Å². The first-order valence-electron chi connectivity index (χ1n) is 15.0. The molecule has 0 bridgehead atoms. The van der Waals surface area contributed by atoms with E-state index in [0.717, 1.165) is 60.2 Å². The lowest BCUT2D eigenvalue weighted by molar-refractivity contribution is 0.669. The van der Waals surface area contributed by atoms with E-state index < -0.39 is 0 Å². The summed E-state index contributed by atoms with van der Waals surface area (Å²) in [5.41, 5.74) is 6.98. The van der Waals surface area contributed by atoms with Gasteiger partial charge in [-0.05, 0) is 63.0 Å². The average Bonchev–Trinajstić information content (AvgIpc) is 3.48. The second-order valence-corrected chi connectivity index (χ2v) is 11.3. The molecule has 7 aromatic carbocycles. The average molecular weight is 576 g/mol. The van der Waals surface area contributed by atoms with E-state index in [1.807, 2.05) is 54.6 Å². The molecule has 45 heavy (non-hydrogen) atoms. The second-order valence-electron chi connectivity index (χ2n) is 11.3. The van der Waals surface area contributed by atoms with Crippen LogP contribution in [0.25, 0.3) is 88.8 Å². The summed E-state index contributed by atoms with van der Waals surface area (Å²) in [6.45, 7) is 0. The minimum Gasteiger partial charge on any atom is -0.456 e. The van der Waals surface area contributed by atoms with Crippen LogP contribution in [-0.4, -0.2) is 15.0 Å². The molecule has 9 rings (SSSR count). The van der Waals surface area contributed by atoms with Crippen molar-refractivity contribution < 1.29 is 4.42 Å². The van der Waals surface area contributed by atoms with E-state index in [0.29, 0.717) is 17.5 Å². The van der Waals surface area contributed by atoms with Crippen molar-refractivity contribution in [1.29, 1.82) is 0 Å². The van der Waals surface area contributed by atoms with Gasteiger partial charge in [0.1, 0.15) is 11.2 Å². The minimum atomic E-state index is 0.633.